The molecule has 2 aromatic rings. The topological polar surface area (TPSA) is 58.4 Å². The molecule has 0 bridgehead atoms. The average molecular weight is 305 g/mol. The SMILES string of the molecule is O=C(Cc1csc(CN2CCCC2)n1)NCc1ccco1. The number of carbonyl (C=O) groups excluding carboxylic acids is 1. The number of thiazole rings is 1. The third-order valence-electron chi connectivity index (χ3n) is 3.54. The lowest BCUT2D eigenvalue weighted by atomic mass is 10.3. The van der Waals surface area contributed by atoms with Crippen molar-refractivity contribution in [2.45, 2.75) is 32.4 Å². The zero-order chi connectivity index (χ0) is 14.5. The highest BCUT2D eigenvalue weighted by molar-refractivity contribution is 7.09. The molecule has 1 fully saturated rings. The highest BCUT2D eigenvalue weighted by Gasteiger charge is 2.14. The lowest BCUT2D eigenvalue weighted by molar-refractivity contribution is -0.120. The predicted molar refractivity (Wildman–Crippen MR) is 80.9 cm³/mol. The van der Waals surface area contributed by atoms with Crippen LogP contribution in [-0.4, -0.2) is 28.9 Å². The van der Waals surface area contributed by atoms with Crippen LogP contribution in [0.2, 0.25) is 0 Å². The van der Waals surface area contributed by atoms with Gasteiger partial charge in [0.15, 0.2) is 0 Å². The first kappa shape index (κ1) is 14.3. The van der Waals surface area contributed by atoms with Gasteiger partial charge in [0.1, 0.15) is 10.8 Å². The molecule has 0 aliphatic carbocycles. The van der Waals surface area contributed by atoms with Crippen molar-refractivity contribution < 1.29 is 9.21 Å². The molecule has 6 heteroatoms. The maximum absolute atomic E-state index is 11.9. The third kappa shape index (κ3) is 4.15. The molecule has 112 valence electrons. The predicted octanol–water partition coefficient (Wildman–Crippen LogP) is 2.19. The maximum Gasteiger partial charge on any atom is 0.226 e. The highest BCUT2D eigenvalue weighted by atomic mass is 32.1. The first-order valence-electron chi connectivity index (χ1n) is 7.24. The molecule has 3 heterocycles. The van der Waals surface area contributed by atoms with Gasteiger partial charge in [-0.3, -0.25) is 9.69 Å². The summed E-state index contributed by atoms with van der Waals surface area (Å²) >= 11 is 1.64. The first-order valence-corrected chi connectivity index (χ1v) is 8.12. The van der Waals surface area contributed by atoms with Crippen molar-refractivity contribution in [1.29, 1.82) is 0 Å². The van der Waals surface area contributed by atoms with Gasteiger partial charge in [0.05, 0.1) is 31.5 Å². The zero-order valence-electron chi connectivity index (χ0n) is 11.9. The monoisotopic (exact) mass is 305 g/mol. The Labute approximate surface area is 128 Å². The first-order chi connectivity index (χ1) is 10.3. The van der Waals surface area contributed by atoms with Crippen LogP contribution in [-0.2, 0) is 24.3 Å². The van der Waals surface area contributed by atoms with E-state index in [4.69, 9.17) is 4.42 Å². The van der Waals surface area contributed by atoms with Crippen LogP contribution in [0.1, 0.15) is 29.3 Å². The van der Waals surface area contributed by atoms with Crippen LogP contribution in [0.15, 0.2) is 28.2 Å². The van der Waals surface area contributed by atoms with Gasteiger partial charge in [-0.2, -0.15) is 0 Å². The van der Waals surface area contributed by atoms with E-state index in [2.05, 4.69) is 15.2 Å². The van der Waals surface area contributed by atoms with Crippen LogP contribution in [0.3, 0.4) is 0 Å². The van der Waals surface area contributed by atoms with Gasteiger partial charge >= 0.3 is 0 Å². The standard InChI is InChI=1S/C15H19N3O2S/c19-14(16-9-13-4-3-7-20-13)8-12-11-21-15(17-12)10-18-5-1-2-6-18/h3-4,7,11H,1-2,5-6,8-10H2,(H,16,19). The van der Waals surface area contributed by atoms with Crippen molar-refractivity contribution in [1.82, 2.24) is 15.2 Å². The van der Waals surface area contributed by atoms with Gasteiger partial charge < -0.3 is 9.73 Å². The molecule has 0 radical (unpaired) electrons. The molecule has 21 heavy (non-hydrogen) atoms. The summed E-state index contributed by atoms with van der Waals surface area (Å²) < 4.78 is 5.18. The van der Waals surface area contributed by atoms with E-state index in [9.17, 15) is 4.79 Å². The van der Waals surface area contributed by atoms with Crippen LogP contribution in [0, 0.1) is 0 Å². The van der Waals surface area contributed by atoms with Crippen molar-refractivity contribution in [3.8, 4) is 0 Å². The number of hydrogen-bond donors (Lipinski definition) is 1. The molecule has 0 unspecified atom stereocenters. The molecule has 1 aliphatic rings. The van der Waals surface area contributed by atoms with E-state index in [1.54, 1.807) is 17.6 Å². The zero-order valence-corrected chi connectivity index (χ0v) is 12.7. The summed E-state index contributed by atoms with van der Waals surface area (Å²) in [6.45, 7) is 3.67. The van der Waals surface area contributed by atoms with E-state index in [0.29, 0.717) is 13.0 Å². The van der Waals surface area contributed by atoms with Gasteiger partial charge in [0.25, 0.3) is 0 Å². The van der Waals surface area contributed by atoms with Gasteiger partial charge in [0.2, 0.25) is 5.91 Å². The molecule has 0 saturated carbocycles. The number of aromatic nitrogens is 1. The maximum atomic E-state index is 11.9. The fraction of sp³-hybridized carbons (Fsp3) is 0.467. The molecule has 3 rings (SSSR count). The molecule has 0 aromatic carbocycles. The lowest BCUT2D eigenvalue weighted by Gasteiger charge is -2.11. The van der Waals surface area contributed by atoms with Crippen LogP contribution < -0.4 is 5.32 Å². The Morgan fingerprint density at radius 1 is 1.43 bits per heavy atom. The van der Waals surface area contributed by atoms with Gasteiger partial charge in [-0.05, 0) is 38.1 Å². The average Bonchev–Trinajstić information content (AvgIpc) is 3.19. The van der Waals surface area contributed by atoms with Crippen LogP contribution >= 0.6 is 11.3 Å². The van der Waals surface area contributed by atoms with E-state index in [1.807, 2.05) is 17.5 Å². The summed E-state index contributed by atoms with van der Waals surface area (Å²) in [5.41, 5.74) is 0.853. The van der Waals surface area contributed by atoms with Crippen molar-refractivity contribution >= 4 is 17.2 Å². The minimum Gasteiger partial charge on any atom is -0.467 e. The summed E-state index contributed by atoms with van der Waals surface area (Å²) in [4.78, 5) is 18.8. The summed E-state index contributed by atoms with van der Waals surface area (Å²) in [5.74, 6) is 0.737. The highest BCUT2D eigenvalue weighted by Crippen LogP contribution is 2.16. The lowest BCUT2D eigenvalue weighted by Crippen LogP contribution is -2.24. The number of nitrogens with one attached hydrogen (secondary N) is 1. The molecular weight excluding hydrogens is 286 g/mol. The second-order valence-corrected chi connectivity index (χ2v) is 6.19. The van der Waals surface area contributed by atoms with Gasteiger partial charge in [0, 0.05) is 5.38 Å². The Balaban J connectivity index is 1.46. The fourth-order valence-corrected chi connectivity index (χ4v) is 3.30. The Hall–Kier alpha value is -1.66. The molecule has 1 amide bonds. The molecule has 2 aromatic heterocycles. The van der Waals surface area contributed by atoms with Gasteiger partial charge in [-0.15, -0.1) is 11.3 Å². The number of hydrogen-bond acceptors (Lipinski definition) is 5. The Kier molecular flexibility index (Phi) is 4.67. The fourth-order valence-electron chi connectivity index (χ4n) is 2.46. The molecule has 0 spiro atoms. The minimum atomic E-state index is -0.0237. The molecule has 1 N–H and O–H groups in total. The van der Waals surface area contributed by atoms with Crippen molar-refractivity contribution in [3.05, 3.63) is 40.2 Å². The summed E-state index contributed by atoms with van der Waals surface area (Å²) in [6.07, 6.45) is 4.50. The van der Waals surface area contributed by atoms with E-state index < -0.39 is 0 Å². The van der Waals surface area contributed by atoms with E-state index in [0.717, 1.165) is 23.0 Å². The van der Waals surface area contributed by atoms with E-state index >= 15 is 0 Å². The number of nitrogens with zero attached hydrogens (tertiary/aromatic N) is 2. The molecule has 1 aliphatic heterocycles. The number of amides is 1. The molecule has 1 saturated heterocycles. The number of likely N-dealkylation sites (tertiary alicyclic amines) is 1. The number of furan rings is 1. The summed E-state index contributed by atoms with van der Waals surface area (Å²) in [6, 6.07) is 3.66. The normalized spacial score (nSPS) is 15.4. The smallest absolute Gasteiger partial charge is 0.226 e. The Morgan fingerprint density at radius 2 is 2.29 bits per heavy atom. The Morgan fingerprint density at radius 3 is 3.05 bits per heavy atom. The van der Waals surface area contributed by atoms with Crippen molar-refractivity contribution in [2.75, 3.05) is 13.1 Å². The van der Waals surface area contributed by atoms with Crippen molar-refractivity contribution in [3.63, 3.8) is 0 Å². The van der Waals surface area contributed by atoms with E-state index in [1.165, 1.54) is 25.9 Å². The third-order valence-corrected chi connectivity index (χ3v) is 4.42. The van der Waals surface area contributed by atoms with Gasteiger partial charge in [-0.1, -0.05) is 0 Å². The molecular formula is C15H19N3O2S. The summed E-state index contributed by atoms with van der Waals surface area (Å²) in [7, 11) is 0. The number of carbonyl (C=O) groups is 1. The largest absolute Gasteiger partial charge is 0.467 e. The molecule has 5 nitrogen and oxygen atoms in total. The second-order valence-electron chi connectivity index (χ2n) is 5.25. The summed E-state index contributed by atoms with van der Waals surface area (Å²) in [5, 5.41) is 5.92. The number of rotatable bonds is 6. The van der Waals surface area contributed by atoms with Crippen molar-refractivity contribution in [2.24, 2.45) is 0 Å². The van der Waals surface area contributed by atoms with Crippen LogP contribution in [0.5, 0.6) is 0 Å². The van der Waals surface area contributed by atoms with Crippen LogP contribution in [0.25, 0.3) is 0 Å². The van der Waals surface area contributed by atoms with E-state index in [-0.39, 0.29) is 5.91 Å². The minimum absolute atomic E-state index is 0.0237. The molecule has 0 atom stereocenters. The van der Waals surface area contributed by atoms with Crippen LogP contribution in [0.4, 0.5) is 0 Å². The Bertz CT molecular complexity index is 574. The quantitative estimate of drug-likeness (QED) is 0.889. The second kappa shape index (κ2) is 6.87. The van der Waals surface area contributed by atoms with Gasteiger partial charge in [-0.25, -0.2) is 4.98 Å².